The highest BCUT2D eigenvalue weighted by molar-refractivity contribution is 6.10. The molecule has 0 fully saturated rings. The quantitative estimate of drug-likeness (QED) is 0.196. The number of nitrogens with zero attached hydrogens (tertiary/aromatic N) is 3. The predicted molar refractivity (Wildman–Crippen MR) is 191 cm³/mol. The number of fused-ring (bicyclic) bond motifs is 7. The van der Waals surface area contributed by atoms with Gasteiger partial charge in [-0.3, -0.25) is 0 Å². The highest BCUT2D eigenvalue weighted by Crippen LogP contribution is 2.52. The normalized spacial score (nSPS) is 17.8. The van der Waals surface area contributed by atoms with Crippen molar-refractivity contribution in [1.29, 1.82) is 0 Å². The lowest BCUT2D eigenvalue weighted by Gasteiger charge is -2.24. The van der Waals surface area contributed by atoms with Crippen LogP contribution in [-0.2, 0) is 6.42 Å². The number of hydrogen-bond donors (Lipinski definition) is 0. The van der Waals surface area contributed by atoms with Gasteiger partial charge in [0.1, 0.15) is 23.0 Å². The van der Waals surface area contributed by atoms with Crippen LogP contribution in [0.1, 0.15) is 40.7 Å². The van der Waals surface area contributed by atoms with E-state index in [1.54, 1.807) is 0 Å². The SMILES string of the molecule is C1=CC2Oc3cccc(-c4cccc5c4oc4ccccc45)c3C2C(c2nc(C3=Cc4ccccc4CC3)nc(-c3ccccc3)n2)=C1. The van der Waals surface area contributed by atoms with Crippen LogP contribution in [0.15, 0.2) is 138 Å². The van der Waals surface area contributed by atoms with Gasteiger partial charge in [0, 0.05) is 33.0 Å². The Balaban J connectivity index is 1.15. The first-order chi connectivity index (χ1) is 23.8. The Morgan fingerprint density at radius 3 is 2.35 bits per heavy atom. The van der Waals surface area contributed by atoms with E-state index in [9.17, 15) is 0 Å². The lowest BCUT2D eigenvalue weighted by Crippen LogP contribution is -2.21. The Morgan fingerprint density at radius 2 is 1.40 bits per heavy atom. The molecule has 5 aromatic carbocycles. The number of allylic oxidation sites excluding steroid dienone is 3. The predicted octanol–water partition coefficient (Wildman–Crippen LogP) is 10.1. The largest absolute Gasteiger partial charge is 0.485 e. The summed E-state index contributed by atoms with van der Waals surface area (Å²) in [6.07, 6.45) is 10.2. The molecule has 5 heteroatoms. The minimum absolute atomic E-state index is 0.110. The van der Waals surface area contributed by atoms with Crippen LogP contribution >= 0.6 is 0 Å². The first-order valence-corrected chi connectivity index (χ1v) is 16.5. The molecule has 1 aliphatic heterocycles. The summed E-state index contributed by atoms with van der Waals surface area (Å²) in [5.74, 6) is 2.82. The molecule has 0 saturated carbocycles. The number of aryl methyl sites for hydroxylation is 1. The van der Waals surface area contributed by atoms with Gasteiger partial charge in [-0.05, 0) is 59.4 Å². The summed E-state index contributed by atoms with van der Waals surface area (Å²) >= 11 is 0. The molecule has 0 spiro atoms. The molecule has 0 N–H and O–H groups in total. The average molecular weight is 620 g/mol. The molecule has 7 aromatic rings. The molecular weight excluding hydrogens is 590 g/mol. The number of rotatable bonds is 4. The molecule has 10 rings (SSSR count). The summed E-state index contributed by atoms with van der Waals surface area (Å²) in [6, 6.07) is 39.7. The van der Waals surface area contributed by atoms with Crippen molar-refractivity contribution in [3.05, 3.63) is 162 Å². The standard InChI is InChI=1S/C43H29N3O2/c1-2-12-27(13-3-1)41-44-42(29-24-23-26-11-4-5-14-28(26)25-29)46-43(45-41)34-19-10-22-37-39(34)38-31(16-9-21-36(38)47-37)33-18-8-17-32-30-15-6-7-20-35(30)48-40(32)33/h1-22,25,37,39H,23-24H2. The van der Waals surface area contributed by atoms with Crippen molar-refractivity contribution in [3.8, 4) is 28.3 Å². The number of ether oxygens (including phenoxy) is 1. The van der Waals surface area contributed by atoms with E-state index in [1.165, 1.54) is 11.1 Å². The van der Waals surface area contributed by atoms with Gasteiger partial charge in [-0.25, -0.2) is 15.0 Å². The van der Waals surface area contributed by atoms with Gasteiger partial charge in [-0.2, -0.15) is 0 Å². The molecule has 2 atom stereocenters. The van der Waals surface area contributed by atoms with E-state index in [-0.39, 0.29) is 12.0 Å². The monoisotopic (exact) mass is 619 g/mol. The van der Waals surface area contributed by atoms with Crippen LogP contribution in [-0.4, -0.2) is 21.1 Å². The van der Waals surface area contributed by atoms with Crippen molar-refractivity contribution in [1.82, 2.24) is 15.0 Å². The lowest BCUT2D eigenvalue weighted by molar-refractivity contribution is 0.271. The number of aromatic nitrogens is 3. The third kappa shape index (κ3) is 4.28. The van der Waals surface area contributed by atoms with Crippen LogP contribution in [0, 0.1) is 0 Å². The second kappa shape index (κ2) is 10.7. The van der Waals surface area contributed by atoms with Crippen molar-refractivity contribution < 1.29 is 9.15 Å². The van der Waals surface area contributed by atoms with E-state index in [0.29, 0.717) is 11.6 Å². The third-order valence-corrected chi connectivity index (χ3v) is 9.84. The number of hydrogen-bond acceptors (Lipinski definition) is 5. The summed E-state index contributed by atoms with van der Waals surface area (Å²) < 4.78 is 13.2. The molecule has 3 heterocycles. The Labute approximate surface area is 277 Å². The summed E-state index contributed by atoms with van der Waals surface area (Å²) in [4.78, 5) is 15.4. The van der Waals surface area contributed by atoms with Gasteiger partial charge in [0.05, 0.1) is 5.92 Å². The highest BCUT2D eigenvalue weighted by atomic mass is 16.5. The maximum Gasteiger partial charge on any atom is 0.164 e. The van der Waals surface area contributed by atoms with Crippen LogP contribution < -0.4 is 4.74 Å². The van der Waals surface area contributed by atoms with Crippen molar-refractivity contribution in [2.24, 2.45) is 0 Å². The van der Waals surface area contributed by atoms with Gasteiger partial charge in [0.15, 0.2) is 17.5 Å². The maximum atomic E-state index is 6.66. The van der Waals surface area contributed by atoms with E-state index < -0.39 is 0 Å². The molecule has 228 valence electrons. The Hall–Kier alpha value is -6.07. The van der Waals surface area contributed by atoms with Crippen LogP contribution in [0.25, 0.3) is 61.7 Å². The maximum absolute atomic E-state index is 6.66. The minimum atomic E-state index is -0.183. The minimum Gasteiger partial charge on any atom is -0.485 e. The Kier molecular flexibility index (Phi) is 6.06. The van der Waals surface area contributed by atoms with E-state index in [2.05, 4.69) is 109 Å². The van der Waals surface area contributed by atoms with Crippen LogP contribution in [0.4, 0.5) is 0 Å². The van der Waals surface area contributed by atoms with E-state index in [4.69, 9.17) is 24.1 Å². The fourth-order valence-electron chi connectivity index (χ4n) is 7.58. The van der Waals surface area contributed by atoms with Crippen molar-refractivity contribution >= 4 is 39.2 Å². The lowest BCUT2D eigenvalue weighted by atomic mass is 9.80. The molecular formula is C43H29N3O2. The van der Waals surface area contributed by atoms with Gasteiger partial charge >= 0.3 is 0 Å². The number of furan rings is 1. The van der Waals surface area contributed by atoms with Crippen molar-refractivity contribution in [3.63, 3.8) is 0 Å². The second-order valence-electron chi connectivity index (χ2n) is 12.6. The zero-order valence-corrected chi connectivity index (χ0v) is 26.0. The number of para-hydroxylation sites is 2. The second-order valence-corrected chi connectivity index (χ2v) is 12.6. The fraction of sp³-hybridized carbons (Fsp3) is 0.0930. The summed E-state index contributed by atoms with van der Waals surface area (Å²) in [6.45, 7) is 0. The van der Waals surface area contributed by atoms with Crippen molar-refractivity contribution in [2.45, 2.75) is 24.9 Å². The zero-order chi connectivity index (χ0) is 31.6. The molecule has 0 radical (unpaired) electrons. The summed E-state index contributed by atoms with van der Waals surface area (Å²) in [7, 11) is 0. The molecule has 5 nitrogen and oxygen atoms in total. The average Bonchev–Trinajstić information content (AvgIpc) is 3.74. The molecule has 0 saturated heterocycles. The first kappa shape index (κ1) is 27.1. The molecule has 3 aliphatic rings. The van der Waals surface area contributed by atoms with Gasteiger partial charge in [-0.1, -0.05) is 115 Å². The molecule has 0 amide bonds. The Morgan fingerprint density at radius 1 is 0.625 bits per heavy atom. The fourth-order valence-corrected chi connectivity index (χ4v) is 7.58. The van der Waals surface area contributed by atoms with Crippen LogP contribution in [0.5, 0.6) is 5.75 Å². The van der Waals surface area contributed by atoms with Crippen molar-refractivity contribution in [2.75, 3.05) is 0 Å². The summed E-state index contributed by atoms with van der Waals surface area (Å²) in [5.41, 5.74) is 10.7. The molecule has 2 aliphatic carbocycles. The van der Waals surface area contributed by atoms with E-state index in [1.807, 2.05) is 30.3 Å². The Bertz CT molecular complexity index is 2510. The van der Waals surface area contributed by atoms with Gasteiger partial charge in [0.25, 0.3) is 0 Å². The molecule has 2 aromatic heterocycles. The zero-order valence-electron chi connectivity index (χ0n) is 26.0. The number of benzene rings is 5. The van der Waals surface area contributed by atoms with E-state index in [0.717, 1.165) is 79.8 Å². The first-order valence-electron chi connectivity index (χ1n) is 16.5. The van der Waals surface area contributed by atoms with Gasteiger partial charge < -0.3 is 9.15 Å². The third-order valence-electron chi connectivity index (χ3n) is 9.84. The van der Waals surface area contributed by atoms with Gasteiger partial charge in [0.2, 0.25) is 0 Å². The van der Waals surface area contributed by atoms with Gasteiger partial charge in [-0.15, -0.1) is 0 Å². The molecule has 0 bridgehead atoms. The topological polar surface area (TPSA) is 61.0 Å². The van der Waals surface area contributed by atoms with Crippen LogP contribution in [0.2, 0.25) is 0 Å². The molecule has 48 heavy (non-hydrogen) atoms. The highest BCUT2D eigenvalue weighted by Gasteiger charge is 2.41. The smallest absolute Gasteiger partial charge is 0.164 e. The molecule has 2 unspecified atom stereocenters. The van der Waals surface area contributed by atoms with E-state index >= 15 is 0 Å². The summed E-state index contributed by atoms with van der Waals surface area (Å²) in [5, 5.41) is 2.22. The van der Waals surface area contributed by atoms with Crippen LogP contribution in [0.3, 0.4) is 0 Å².